The van der Waals surface area contributed by atoms with Gasteiger partial charge in [-0.3, -0.25) is 14.4 Å². The molecule has 170 valence electrons. The zero-order valence-corrected chi connectivity index (χ0v) is 18.0. The predicted octanol–water partition coefficient (Wildman–Crippen LogP) is 4.51. The van der Waals surface area contributed by atoms with E-state index < -0.39 is 36.1 Å². The number of halogens is 4. The first-order chi connectivity index (χ1) is 15.0. The van der Waals surface area contributed by atoms with Crippen LogP contribution in [0.1, 0.15) is 23.1 Å². The van der Waals surface area contributed by atoms with Crippen molar-refractivity contribution in [3.05, 3.63) is 58.1 Å². The van der Waals surface area contributed by atoms with E-state index in [2.05, 4.69) is 5.32 Å². The fourth-order valence-electron chi connectivity index (χ4n) is 3.25. The van der Waals surface area contributed by atoms with Crippen molar-refractivity contribution in [3.8, 4) is 0 Å². The van der Waals surface area contributed by atoms with Crippen LogP contribution in [0, 0.1) is 19.8 Å². The number of nitrogens with one attached hydrogen (secondary N) is 1. The number of rotatable bonds is 5. The monoisotopic (exact) mass is 468 g/mol. The Hall–Kier alpha value is -3.07. The smallest absolute Gasteiger partial charge is 0.416 e. The molecule has 1 aliphatic heterocycles. The van der Waals surface area contributed by atoms with Crippen molar-refractivity contribution in [1.29, 1.82) is 0 Å². The number of anilines is 2. The molecule has 0 radical (unpaired) electrons. The molecule has 3 rings (SSSR count). The van der Waals surface area contributed by atoms with Crippen molar-refractivity contribution in [2.45, 2.75) is 26.4 Å². The van der Waals surface area contributed by atoms with E-state index in [0.717, 1.165) is 23.3 Å². The molecule has 0 bridgehead atoms. The summed E-state index contributed by atoms with van der Waals surface area (Å²) in [6.45, 7) is 3.25. The number of ether oxygens (including phenoxy) is 1. The van der Waals surface area contributed by atoms with E-state index >= 15 is 0 Å². The normalized spacial score (nSPS) is 16.2. The molecule has 32 heavy (non-hydrogen) atoms. The predicted molar refractivity (Wildman–Crippen MR) is 112 cm³/mol. The van der Waals surface area contributed by atoms with Gasteiger partial charge < -0.3 is 15.0 Å². The van der Waals surface area contributed by atoms with Gasteiger partial charge in [0.1, 0.15) is 0 Å². The number of alkyl halides is 3. The van der Waals surface area contributed by atoms with E-state index in [9.17, 15) is 27.6 Å². The summed E-state index contributed by atoms with van der Waals surface area (Å²) < 4.78 is 43.5. The Morgan fingerprint density at radius 2 is 1.88 bits per heavy atom. The number of amides is 2. The largest absolute Gasteiger partial charge is 0.455 e. The number of hydrogen-bond donors (Lipinski definition) is 1. The minimum Gasteiger partial charge on any atom is -0.455 e. The van der Waals surface area contributed by atoms with Crippen molar-refractivity contribution < 1.29 is 32.3 Å². The highest BCUT2D eigenvalue weighted by molar-refractivity contribution is 6.33. The number of aryl methyl sites for hydroxylation is 2. The summed E-state index contributed by atoms with van der Waals surface area (Å²) in [5.74, 6) is -2.59. The molecule has 6 nitrogen and oxygen atoms in total. The maximum Gasteiger partial charge on any atom is 0.416 e. The average Bonchev–Trinajstić information content (AvgIpc) is 3.11. The van der Waals surface area contributed by atoms with Crippen molar-refractivity contribution in [3.63, 3.8) is 0 Å². The third-order valence-corrected chi connectivity index (χ3v) is 5.50. The van der Waals surface area contributed by atoms with Crippen LogP contribution in [0.25, 0.3) is 0 Å². The first kappa shape index (κ1) is 23.6. The Bertz CT molecular complexity index is 1070. The first-order valence-corrected chi connectivity index (χ1v) is 10.0. The summed E-state index contributed by atoms with van der Waals surface area (Å²) in [5.41, 5.74) is 1.52. The molecule has 1 atom stereocenters. The number of carbonyl (C=O) groups is 3. The van der Waals surface area contributed by atoms with Crippen LogP contribution in [-0.4, -0.2) is 30.9 Å². The minimum atomic E-state index is -4.60. The Balaban J connectivity index is 1.57. The van der Waals surface area contributed by atoms with Gasteiger partial charge in [0.15, 0.2) is 6.61 Å². The molecule has 1 fully saturated rings. The SMILES string of the molecule is Cc1ccc(N2C[C@@H](C(=O)OCC(=O)Nc3cc(C(F)(F)F)ccc3Cl)CC2=O)cc1C. The van der Waals surface area contributed by atoms with Crippen LogP contribution in [0.5, 0.6) is 0 Å². The first-order valence-electron chi connectivity index (χ1n) is 9.66. The molecule has 1 saturated heterocycles. The van der Waals surface area contributed by atoms with Gasteiger partial charge >= 0.3 is 12.1 Å². The molecule has 2 amide bonds. The lowest BCUT2D eigenvalue weighted by Gasteiger charge is -2.18. The molecule has 0 spiro atoms. The summed E-state index contributed by atoms with van der Waals surface area (Å²) >= 11 is 5.83. The van der Waals surface area contributed by atoms with Gasteiger partial charge in [-0.05, 0) is 55.3 Å². The van der Waals surface area contributed by atoms with Gasteiger partial charge in [-0.2, -0.15) is 13.2 Å². The zero-order chi connectivity index (χ0) is 23.6. The zero-order valence-electron chi connectivity index (χ0n) is 17.3. The van der Waals surface area contributed by atoms with Gasteiger partial charge in [0, 0.05) is 18.7 Å². The second kappa shape index (κ2) is 9.20. The van der Waals surface area contributed by atoms with Gasteiger partial charge in [0.2, 0.25) is 5.91 Å². The molecular weight excluding hydrogens is 449 g/mol. The molecule has 0 aliphatic carbocycles. The van der Waals surface area contributed by atoms with Crippen molar-refractivity contribution in [1.82, 2.24) is 0 Å². The van der Waals surface area contributed by atoms with Crippen LogP contribution in [0.15, 0.2) is 36.4 Å². The van der Waals surface area contributed by atoms with E-state index in [-0.39, 0.29) is 29.6 Å². The van der Waals surface area contributed by atoms with Crippen molar-refractivity contribution in [2.75, 3.05) is 23.4 Å². The van der Waals surface area contributed by atoms with E-state index in [0.29, 0.717) is 11.8 Å². The lowest BCUT2D eigenvalue weighted by atomic mass is 10.1. The Labute approximate surface area is 187 Å². The van der Waals surface area contributed by atoms with Crippen LogP contribution in [0.2, 0.25) is 5.02 Å². The standard InChI is InChI=1S/C22H20ClF3N2O4/c1-12-3-5-16(7-13(12)2)28-10-14(8-20(28)30)21(31)32-11-19(29)27-18-9-15(22(24,25)26)4-6-17(18)23/h3-7,9,14H,8,10-11H2,1-2H3,(H,27,29)/t14-/m0/s1. The number of esters is 1. The van der Waals surface area contributed by atoms with Gasteiger partial charge in [-0.1, -0.05) is 17.7 Å². The molecule has 1 N–H and O–H groups in total. The Kier molecular flexibility index (Phi) is 6.78. The second-order valence-electron chi connectivity index (χ2n) is 7.52. The van der Waals surface area contributed by atoms with Gasteiger partial charge in [0.05, 0.1) is 22.2 Å². The third kappa shape index (κ3) is 5.40. The highest BCUT2D eigenvalue weighted by Gasteiger charge is 2.36. The highest BCUT2D eigenvalue weighted by atomic mass is 35.5. The van der Waals surface area contributed by atoms with Crippen LogP contribution >= 0.6 is 11.6 Å². The van der Waals surface area contributed by atoms with E-state index in [1.165, 1.54) is 4.90 Å². The lowest BCUT2D eigenvalue weighted by molar-refractivity contribution is -0.151. The van der Waals surface area contributed by atoms with Crippen LogP contribution in [-0.2, 0) is 25.3 Å². The summed E-state index contributed by atoms with van der Waals surface area (Å²) in [6, 6.07) is 8.02. The highest BCUT2D eigenvalue weighted by Crippen LogP contribution is 2.34. The fourth-order valence-corrected chi connectivity index (χ4v) is 3.41. The summed E-state index contributed by atoms with van der Waals surface area (Å²) in [5, 5.41) is 2.10. The molecule has 2 aromatic rings. The van der Waals surface area contributed by atoms with Crippen LogP contribution in [0.4, 0.5) is 24.5 Å². The maximum absolute atomic E-state index is 12.8. The third-order valence-electron chi connectivity index (χ3n) is 5.17. The molecular formula is C22H20ClF3N2O4. The van der Waals surface area contributed by atoms with Crippen LogP contribution in [0.3, 0.4) is 0 Å². The number of benzene rings is 2. The second-order valence-corrected chi connectivity index (χ2v) is 7.93. The molecule has 1 heterocycles. The minimum absolute atomic E-state index is 0.0627. The molecule has 2 aromatic carbocycles. The van der Waals surface area contributed by atoms with E-state index in [1.807, 2.05) is 26.0 Å². The lowest BCUT2D eigenvalue weighted by Crippen LogP contribution is -2.28. The van der Waals surface area contributed by atoms with Crippen LogP contribution < -0.4 is 10.2 Å². The number of nitrogens with zero attached hydrogens (tertiary/aromatic N) is 1. The van der Waals surface area contributed by atoms with E-state index in [4.69, 9.17) is 16.3 Å². The van der Waals surface area contributed by atoms with Gasteiger partial charge in [-0.25, -0.2) is 0 Å². The molecule has 0 saturated carbocycles. The number of carbonyl (C=O) groups excluding carboxylic acids is 3. The number of hydrogen-bond acceptors (Lipinski definition) is 4. The quantitative estimate of drug-likeness (QED) is 0.655. The summed E-state index contributed by atoms with van der Waals surface area (Å²) in [4.78, 5) is 38.2. The molecule has 0 unspecified atom stereocenters. The average molecular weight is 469 g/mol. The summed E-state index contributed by atoms with van der Waals surface area (Å²) in [7, 11) is 0. The van der Waals surface area contributed by atoms with Gasteiger partial charge in [0.25, 0.3) is 5.91 Å². The molecule has 0 aromatic heterocycles. The Morgan fingerprint density at radius 3 is 2.53 bits per heavy atom. The molecule has 1 aliphatic rings. The maximum atomic E-state index is 12.8. The van der Waals surface area contributed by atoms with E-state index in [1.54, 1.807) is 6.07 Å². The van der Waals surface area contributed by atoms with Crippen molar-refractivity contribution in [2.24, 2.45) is 5.92 Å². The topological polar surface area (TPSA) is 75.7 Å². The fraction of sp³-hybridized carbons (Fsp3) is 0.318. The van der Waals surface area contributed by atoms with Crippen molar-refractivity contribution >= 4 is 40.8 Å². The molecule has 10 heteroatoms. The Morgan fingerprint density at radius 1 is 1.16 bits per heavy atom. The summed E-state index contributed by atoms with van der Waals surface area (Å²) in [6.07, 6.45) is -4.67. The van der Waals surface area contributed by atoms with Gasteiger partial charge in [-0.15, -0.1) is 0 Å².